The number of anilines is 3. The Kier molecular flexibility index (Phi) is 4.56. The van der Waals surface area contributed by atoms with Gasteiger partial charge in [-0.05, 0) is 31.2 Å². The van der Waals surface area contributed by atoms with Crippen LogP contribution in [0.15, 0.2) is 48.5 Å². The standard InChI is InChI=1S/C20H22FN5/c1-2-22-19-15-7-3-5-9-17(15)23-20(24-19)26-13-11-25(12-14-26)18-10-6-4-8-16(18)21/h3-10H,2,11-14H2,1H3,(H,22,23,24). The lowest BCUT2D eigenvalue weighted by Gasteiger charge is -2.36. The zero-order valence-electron chi connectivity index (χ0n) is 14.8. The van der Waals surface area contributed by atoms with Gasteiger partial charge in [0, 0.05) is 38.1 Å². The second-order valence-corrected chi connectivity index (χ2v) is 6.35. The van der Waals surface area contributed by atoms with Crippen molar-refractivity contribution >= 4 is 28.4 Å². The van der Waals surface area contributed by atoms with E-state index in [0.29, 0.717) is 5.69 Å². The number of halogens is 1. The van der Waals surface area contributed by atoms with E-state index in [1.165, 1.54) is 6.07 Å². The summed E-state index contributed by atoms with van der Waals surface area (Å²) in [4.78, 5) is 13.7. The molecule has 3 aromatic rings. The molecule has 2 aromatic carbocycles. The minimum absolute atomic E-state index is 0.169. The van der Waals surface area contributed by atoms with Gasteiger partial charge in [0.2, 0.25) is 5.95 Å². The van der Waals surface area contributed by atoms with Crippen molar-refractivity contribution < 1.29 is 4.39 Å². The number of hydrogen-bond donors (Lipinski definition) is 1. The van der Waals surface area contributed by atoms with Gasteiger partial charge in [0.05, 0.1) is 11.2 Å². The van der Waals surface area contributed by atoms with Crippen molar-refractivity contribution in [2.45, 2.75) is 6.92 Å². The lowest BCUT2D eigenvalue weighted by Crippen LogP contribution is -2.47. The zero-order chi connectivity index (χ0) is 17.9. The maximum Gasteiger partial charge on any atom is 0.228 e. The number of nitrogens with one attached hydrogen (secondary N) is 1. The number of para-hydroxylation sites is 2. The maximum absolute atomic E-state index is 14.0. The molecule has 134 valence electrons. The molecule has 0 atom stereocenters. The molecule has 1 N–H and O–H groups in total. The van der Waals surface area contributed by atoms with Crippen molar-refractivity contribution in [3.8, 4) is 0 Å². The van der Waals surface area contributed by atoms with Gasteiger partial charge >= 0.3 is 0 Å². The average molecular weight is 351 g/mol. The summed E-state index contributed by atoms with van der Waals surface area (Å²) in [6.07, 6.45) is 0. The van der Waals surface area contributed by atoms with Gasteiger partial charge in [-0.3, -0.25) is 0 Å². The number of nitrogens with zero attached hydrogens (tertiary/aromatic N) is 4. The van der Waals surface area contributed by atoms with E-state index in [-0.39, 0.29) is 5.82 Å². The quantitative estimate of drug-likeness (QED) is 0.779. The molecule has 26 heavy (non-hydrogen) atoms. The minimum Gasteiger partial charge on any atom is -0.370 e. The number of fused-ring (bicyclic) bond motifs is 1. The molecule has 1 saturated heterocycles. The van der Waals surface area contributed by atoms with Crippen LogP contribution in [0.2, 0.25) is 0 Å². The van der Waals surface area contributed by atoms with Crippen molar-refractivity contribution in [3.05, 3.63) is 54.3 Å². The fourth-order valence-corrected chi connectivity index (χ4v) is 3.36. The first-order chi connectivity index (χ1) is 12.8. The smallest absolute Gasteiger partial charge is 0.228 e. The van der Waals surface area contributed by atoms with Crippen LogP contribution in [0, 0.1) is 5.82 Å². The summed E-state index contributed by atoms with van der Waals surface area (Å²) in [6, 6.07) is 15.0. The van der Waals surface area contributed by atoms with Crippen molar-refractivity contribution in [3.63, 3.8) is 0 Å². The second kappa shape index (κ2) is 7.15. The van der Waals surface area contributed by atoms with Crippen LogP contribution in [-0.2, 0) is 0 Å². The Balaban J connectivity index is 1.57. The predicted molar refractivity (Wildman–Crippen MR) is 105 cm³/mol. The first-order valence-electron chi connectivity index (χ1n) is 9.01. The van der Waals surface area contributed by atoms with Gasteiger partial charge < -0.3 is 15.1 Å². The molecule has 0 saturated carbocycles. The molecule has 0 unspecified atom stereocenters. The number of benzene rings is 2. The normalized spacial score (nSPS) is 14.7. The van der Waals surface area contributed by atoms with Gasteiger partial charge in [-0.2, -0.15) is 4.98 Å². The monoisotopic (exact) mass is 351 g/mol. The molecule has 5 nitrogen and oxygen atoms in total. The summed E-state index contributed by atoms with van der Waals surface area (Å²) in [6.45, 7) is 5.88. The average Bonchev–Trinajstić information content (AvgIpc) is 2.69. The molecule has 0 spiro atoms. The van der Waals surface area contributed by atoms with Crippen LogP contribution in [0.3, 0.4) is 0 Å². The number of hydrogen-bond acceptors (Lipinski definition) is 5. The van der Waals surface area contributed by atoms with E-state index in [9.17, 15) is 4.39 Å². The number of piperazine rings is 1. The SMILES string of the molecule is CCNc1nc(N2CCN(c3ccccc3F)CC2)nc2ccccc12. The van der Waals surface area contributed by atoms with E-state index < -0.39 is 0 Å². The molecule has 2 heterocycles. The molecule has 1 fully saturated rings. The molecule has 0 amide bonds. The summed E-state index contributed by atoms with van der Waals surface area (Å²) >= 11 is 0. The molecule has 1 aliphatic rings. The first-order valence-corrected chi connectivity index (χ1v) is 9.01. The third-order valence-electron chi connectivity index (χ3n) is 4.69. The zero-order valence-corrected chi connectivity index (χ0v) is 14.8. The number of aromatic nitrogens is 2. The summed E-state index contributed by atoms with van der Waals surface area (Å²) in [7, 11) is 0. The van der Waals surface area contributed by atoms with E-state index >= 15 is 0 Å². The predicted octanol–water partition coefficient (Wildman–Crippen LogP) is 3.53. The molecule has 1 aromatic heterocycles. The van der Waals surface area contributed by atoms with E-state index in [0.717, 1.165) is 55.4 Å². The maximum atomic E-state index is 14.0. The Labute approximate surface area is 152 Å². The Bertz CT molecular complexity index is 906. The summed E-state index contributed by atoms with van der Waals surface area (Å²) in [5.74, 6) is 1.43. The molecule has 0 radical (unpaired) electrons. The van der Waals surface area contributed by atoms with Crippen molar-refractivity contribution in [2.24, 2.45) is 0 Å². The van der Waals surface area contributed by atoms with Gasteiger partial charge in [0.1, 0.15) is 11.6 Å². The van der Waals surface area contributed by atoms with Crippen LogP contribution in [0.5, 0.6) is 0 Å². The van der Waals surface area contributed by atoms with Gasteiger partial charge in [0.25, 0.3) is 0 Å². The van der Waals surface area contributed by atoms with Crippen molar-refractivity contribution in [1.82, 2.24) is 9.97 Å². The Morgan fingerprint density at radius 1 is 0.923 bits per heavy atom. The topological polar surface area (TPSA) is 44.3 Å². The first kappa shape index (κ1) is 16.6. The third-order valence-corrected chi connectivity index (χ3v) is 4.69. The lowest BCUT2D eigenvalue weighted by molar-refractivity contribution is 0.594. The molecular formula is C20H22FN5. The van der Waals surface area contributed by atoms with E-state index in [1.54, 1.807) is 6.07 Å². The fraction of sp³-hybridized carbons (Fsp3) is 0.300. The Morgan fingerprint density at radius 2 is 1.62 bits per heavy atom. The van der Waals surface area contributed by atoms with Gasteiger partial charge in [-0.15, -0.1) is 0 Å². The molecular weight excluding hydrogens is 329 g/mol. The highest BCUT2D eigenvalue weighted by molar-refractivity contribution is 5.90. The highest BCUT2D eigenvalue weighted by atomic mass is 19.1. The van der Waals surface area contributed by atoms with Crippen LogP contribution in [0.25, 0.3) is 10.9 Å². The van der Waals surface area contributed by atoms with Crippen LogP contribution in [-0.4, -0.2) is 42.7 Å². The summed E-state index contributed by atoms with van der Waals surface area (Å²) in [5.41, 5.74) is 1.60. The third kappa shape index (κ3) is 3.14. The molecule has 0 bridgehead atoms. The summed E-state index contributed by atoms with van der Waals surface area (Å²) < 4.78 is 14.0. The van der Waals surface area contributed by atoms with E-state index in [1.807, 2.05) is 36.4 Å². The van der Waals surface area contributed by atoms with Gasteiger partial charge in [0.15, 0.2) is 0 Å². The van der Waals surface area contributed by atoms with E-state index in [2.05, 4.69) is 22.0 Å². The largest absolute Gasteiger partial charge is 0.370 e. The van der Waals surface area contributed by atoms with Crippen molar-refractivity contribution in [2.75, 3.05) is 47.8 Å². The van der Waals surface area contributed by atoms with Gasteiger partial charge in [-0.1, -0.05) is 24.3 Å². The molecule has 1 aliphatic heterocycles. The number of rotatable bonds is 4. The van der Waals surface area contributed by atoms with E-state index in [4.69, 9.17) is 9.97 Å². The molecule has 6 heteroatoms. The fourth-order valence-electron chi connectivity index (χ4n) is 3.36. The van der Waals surface area contributed by atoms with Crippen LogP contribution in [0.4, 0.5) is 21.8 Å². The minimum atomic E-state index is -0.169. The Hall–Kier alpha value is -2.89. The second-order valence-electron chi connectivity index (χ2n) is 6.35. The highest BCUT2D eigenvalue weighted by Crippen LogP contribution is 2.25. The molecule has 0 aliphatic carbocycles. The van der Waals surface area contributed by atoms with Crippen molar-refractivity contribution in [1.29, 1.82) is 0 Å². The van der Waals surface area contributed by atoms with Crippen LogP contribution in [0.1, 0.15) is 6.92 Å². The summed E-state index contributed by atoms with van der Waals surface area (Å²) in [5, 5.41) is 4.36. The highest BCUT2D eigenvalue weighted by Gasteiger charge is 2.22. The molecule has 4 rings (SSSR count). The van der Waals surface area contributed by atoms with Crippen LogP contribution < -0.4 is 15.1 Å². The lowest BCUT2D eigenvalue weighted by atomic mass is 10.2. The van der Waals surface area contributed by atoms with Gasteiger partial charge in [-0.25, -0.2) is 9.37 Å². The van der Waals surface area contributed by atoms with Crippen LogP contribution >= 0.6 is 0 Å². The Morgan fingerprint density at radius 3 is 2.38 bits per heavy atom.